The molecule has 6 rings (SSSR count). The van der Waals surface area contributed by atoms with Crippen molar-refractivity contribution in [3.05, 3.63) is 58.0 Å². The average Bonchev–Trinajstić information content (AvgIpc) is 2.65. The van der Waals surface area contributed by atoms with Crippen molar-refractivity contribution in [2.45, 2.75) is 58.8 Å². The maximum absolute atomic E-state index is 12.9. The second-order valence-electron chi connectivity index (χ2n) is 9.87. The van der Waals surface area contributed by atoms with Crippen molar-refractivity contribution in [1.82, 2.24) is 4.57 Å². The van der Waals surface area contributed by atoms with Crippen LogP contribution < -0.4 is 10.2 Å². The molecular formula is C25H29NO3. The van der Waals surface area contributed by atoms with Crippen LogP contribution in [-0.4, -0.2) is 10.5 Å². The Morgan fingerprint density at radius 2 is 1.59 bits per heavy atom. The van der Waals surface area contributed by atoms with Gasteiger partial charge < -0.3 is 9.30 Å². The molecule has 4 nitrogen and oxygen atoms in total. The van der Waals surface area contributed by atoms with Crippen LogP contribution in [0.3, 0.4) is 0 Å². The number of carbonyl (C=O) groups is 1. The van der Waals surface area contributed by atoms with Gasteiger partial charge in [-0.3, -0.25) is 9.59 Å². The smallest absolute Gasteiger partial charge is 0.311 e. The Morgan fingerprint density at radius 1 is 1.00 bits per heavy atom. The molecule has 0 atom stereocenters. The maximum atomic E-state index is 12.9. The lowest BCUT2D eigenvalue weighted by atomic mass is 9.49. The van der Waals surface area contributed by atoms with Crippen molar-refractivity contribution in [2.24, 2.45) is 23.2 Å². The van der Waals surface area contributed by atoms with E-state index >= 15 is 0 Å². The van der Waals surface area contributed by atoms with Crippen molar-refractivity contribution < 1.29 is 9.53 Å². The van der Waals surface area contributed by atoms with Gasteiger partial charge in [-0.15, -0.1) is 0 Å². The van der Waals surface area contributed by atoms with Gasteiger partial charge in [0, 0.05) is 18.0 Å². The number of benzene rings is 1. The summed E-state index contributed by atoms with van der Waals surface area (Å²) in [6.07, 6.45) is 9.75. The zero-order chi connectivity index (χ0) is 20.2. The van der Waals surface area contributed by atoms with E-state index in [9.17, 15) is 9.59 Å². The summed E-state index contributed by atoms with van der Waals surface area (Å²) in [7, 11) is 0. The lowest BCUT2D eigenvalue weighted by Crippen LogP contribution is -2.47. The van der Waals surface area contributed by atoms with E-state index in [1.165, 1.54) is 30.9 Å². The summed E-state index contributed by atoms with van der Waals surface area (Å²) in [4.78, 5) is 25.4. The predicted octanol–water partition coefficient (Wildman–Crippen LogP) is 4.97. The molecule has 4 saturated carbocycles. The first-order valence-corrected chi connectivity index (χ1v) is 10.9. The number of rotatable bonds is 4. The molecule has 4 aliphatic carbocycles. The average molecular weight is 392 g/mol. The molecule has 0 spiro atoms. The molecule has 0 aliphatic heterocycles. The minimum atomic E-state index is -0.242. The van der Waals surface area contributed by atoms with E-state index in [0.29, 0.717) is 12.1 Å². The maximum Gasteiger partial charge on any atom is 0.311 e. The Balaban J connectivity index is 1.37. The fourth-order valence-corrected chi connectivity index (χ4v) is 6.69. The molecule has 0 saturated heterocycles. The number of aromatic nitrogens is 1. The SMILES string of the molecule is Cc1ccc(-n2ccc(=O)c(OC(=O)CC34CC5CC(CC(C5)C3)C4)c2C)cc1. The zero-order valence-electron chi connectivity index (χ0n) is 17.3. The van der Waals surface area contributed by atoms with Crippen LogP contribution in [0.1, 0.15) is 56.2 Å². The lowest BCUT2D eigenvalue weighted by Gasteiger charge is -2.56. The van der Waals surface area contributed by atoms with Gasteiger partial charge in [0.05, 0.1) is 12.1 Å². The number of esters is 1. The number of aryl methyl sites for hydroxylation is 1. The monoisotopic (exact) mass is 391 g/mol. The quantitative estimate of drug-likeness (QED) is 0.692. The Bertz CT molecular complexity index is 966. The molecule has 4 bridgehead atoms. The molecule has 152 valence electrons. The molecule has 4 heteroatoms. The predicted molar refractivity (Wildman–Crippen MR) is 112 cm³/mol. The number of pyridine rings is 1. The highest BCUT2D eigenvalue weighted by atomic mass is 16.5. The Labute approximate surface area is 171 Å². The van der Waals surface area contributed by atoms with Gasteiger partial charge in [-0.25, -0.2) is 0 Å². The third kappa shape index (κ3) is 3.43. The fraction of sp³-hybridized carbons (Fsp3) is 0.520. The van der Waals surface area contributed by atoms with Gasteiger partial charge in [-0.05, 0) is 87.7 Å². The van der Waals surface area contributed by atoms with Crippen LogP contribution in [0.25, 0.3) is 5.69 Å². The highest BCUT2D eigenvalue weighted by molar-refractivity contribution is 5.73. The molecule has 1 heterocycles. The molecule has 0 radical (unpaired) electrons. The van der Waals surface area contributed by atoms with Crippen LogP contribution in [0.4, 0.5) is 0 Å². The molecule has 1 aromatic carbocycles. The molecule has 0 N–H and O–H groups in total. The summed E-state index contributed by atoms with van der Waals surface area (Å²) in [6.45, 7) is 3.88. The highest BCUT2D eigenvalue weighted by Gasteiger charge is 2.51. The summed E-state index contributed by atoms with van der Waals surface area (Å²) in [5.74, 6) is 2.32. The van der Waals surface area contributed by atoms with Crippen molar-refractivity contribution in [2.75, 3.05) is 0 Å². The van der Waals surface area contributed by atoms with E-state index in [1.807, 2.05) is 42.7 Å². The van der Waals surface area contributed by atoms with Crippen molar-refractivity contribution in [3.63, 3.8) is 0 Å². The van der Waals surface area contributed by atoms with Gasteiger partial charge in [0.1, 0.15) is 0 Å². The van der Waals surface area contributed by atoms with Crippen LogP contribution >= 0.6 is 0 Å². The third-order valence-corrected chi connectivity index (χ3v) is 7.50. The largest absolute Gasteiger partial charge is 0.420 e. The summed E-state index contributed by atoms with van der Waals surface area (Å²) in [6, 6.07) is 9.57. The first-order chi connectivity index (χ1) is 13.9. The molecule has 4 fully saturated rings. The standard InChI is InChI=1S/C25H29NO3/c1-16-3-5-21(6-4-16)26-8-7-22(27)24(17(26)2)29-23(28)15-25-12-18-9-19(13-25)11-20(10-18)14-25/h3-8,18-20H,9-15H2,1-2H3. The number of ether oxygens (including phenoxy) is 1. The van der Waals surface area contributed by atoms with Gasteiger partial charge in [0.2, 0.25) is 5.43 Å². The first-order valence-electron chi connectivity index (χ1n) is 10.9. The van der Waals surface area contributed by atoms with E-state index < -0.39 is 0 Å². The second kappa shape index (κ2) is 6.86. The van der Waals surface area contributed by atoms with Crippen molar-refractivity contribution >= 4 is 5.97 Å². The number of nitrogens with zero attached hydrogens (tertiary/aromatic N) is 1. The molecule has 0 unspecified atom stereocenters. The highest BCUT2D eigenvalue weighted by Crippen LogP contribution is 2.61. The van der Waals surface area contributed by atoms with Crippen molar-refractivity contribution in [3.8, 4) is 11.4 Å². The molecule has 1 aromatic heterocycles. The van der Waals surface area contributed by atoms with Crippen molar-refractivity contribution in [1.29, 1.82) is 0 Å². The molecular weight excluding hydrogens is 362 g/mol. The van der Waals surface area contributed by atoms with E-state index in [1.54, 1.807) is 6.20 Å². The summed E-state index contributed by atoms with van der Waals surface area (Å²) >= 11 is 0. The van der Waals surface area contributed by atoms with Gasteiger partial charge >= 0.3 is 5.97 Å². The zero-order valence-corrected chi connectivity index (χ0v) is 17.3. The fourth-order valence-electron chi connectivity index (χ4n) is 6.69. The lowest BCUT2D eigenvalue weighted by molar-refractivity contribution is -0.142. The number of hydrogen-bond acceptors (Lipinski definition) is 3. The molecule has 4 aliphatic rings. The van der Waals surface area contributed by atoms with Crippen LogP contribution in [0.5, 0.6) is 5.75 Å². The third-order valence-electron chi connectivity index (χ3n) is 7.50. The first kappa shape index (κ1) is 18.7. The van der Waals surface area contributed by atoms with E-state index in [4.69, 9.17) is 4.74 Å². The second-order valence-corrected chi connectivity index (χ2v) is 9.87. The van der Waals surface area contributed by atoms with Gasteiger partial charge in [-0.1, -0.05) is 17.7 Å². The van der Waals surface area contributed by atoms with Crippen LogP contribution in [0.15, 0.2) is 41.3 Å². The Kier molecular flexibility index (Phi) is 4.41. The minimum Gasteiger partial charge on any atom is -0.420 e. The minimum absolute atomic E-state index is 0.116. The summed E-state index contributed by atoms with van der Waals surface area (Å²) in [5, 5.41) is 0. The van der Waals surface area contributed by atoms with Gasteiger partial charge in [-0.2, -0.15) is 0 Å². The van der Waals surface area contributed by atoms with Gasteiger partial charge in [0.25, 0.3) is 0 Å². The summed E-state index contributed by atoms with van der Waals surface area (Å²) in [5.41, 5.74) is 2.68. The number of carbonyl (C=O) groups excluding carboxylic acids is 1. The van der Waals surface area contributed by atoms with E-state index in [2.05, 4.69) is 0 Å². The molecule has 29 heavy (non-hydrogen) atoms. The van der Waals surface area contributed by atoms with Crippen LogP contribution in [0, 0.1) is 37.0 Å². The molecule has 2 aromatic rings. The Morgan fingerprint density at radius 3 is 2.17 bits per heavy atom. The van der Waals surface area contributed by atoms with Gasteiger partial charge in [0.15, 0.2) is 5.75 Å². The summed E-state index contributed by atoms with van der Waals surface area (Å²) < 4.78 is 7.64. The topological polar surface area (TPSA) is 48.3 Å². The number of hydrogen-bond donors (Lipinski definition) is 0. The van der Waals surface area contributed by atoms with Crippen LogP contribution in [0.2, 0.25) is 0 Å². The van der Waals surface area contributed by atoms with E-state index in [0.717, 1.165) is 42.7 Å². The normalized spacial score (nSPS) is 29.8. The van der Waals surface area contributed by atoms with E-state index in [-0.39, 0.29) is 22.6 Å². The Hall–Kier alpha value is -2.36. The molecule has 0 amide bonds. The van der Waals surface area contributed by atoms with Crippen LogP contribution in [-0.2, 0) is 4.79 Å².